The maximum absolute atomic E-state index is 12.4. The van der Waals surface area contributed by atoms with E-state index in [1.165, 1.54) is 11.8 Å². The molecule has 1 heterocycles. The van der Waals surface area contributed by atoms with Crippen molar-refractivity contribution in [1.82, 2.24) is 14.8 Å². The van der Waals surface area contributed by atoms with Gasteiger partial charge in [0, 0.05) is 17.9 Å². The molecule has 11 heteroatoms. The monoisotopic (exact) mass is 493 g/mol. The topological polar surface area (TPSA) is 98.1 Å². The lowest BCUT2D eigenvalue weighted by Gasteiger charge is -2.09. The molecule has 0 aliphatic heterocycles. The van der Waals surface area contributed by atoms with E-state index in [1.807, 2.05) is 6.92 Å². The van der Waals surface area contributed by atoms with E-state index < -0.39 is 0 Å². The second-order valence-electron chi connectivity index (χ2n) is 6.56. The van der Waals surface area contributed by atoms with Crippen LogP contribution in [0.1, 0.15) is 12.7 Å². The fourth-order valence-electron chi connectivity index (χ4n) is 2.80. The van der Waals surface area contributed by atoms with Crippen LogP contribution in [0.4, 0.5) is 11.4 Å². The summed E-state index contributed by atoms with van der Waals surface area (Å²) < 4.78 is 6.91. The molecule has 2 N–H and O–H groups in total. The first-order valence-electron chi connectivity index (χ1n) is 9.63. The van der Waals surface area contributed by atoms with Gasteiger partial charge in [-0.15, -0.1) is 10.2 Å². The van der Waals surface area contributed by atoms with Crippen molar-refractivity contribution in [3.8, 4) is 5.75 Å². The highest BCUT2D eigenvalue weighted by Gasteiger charge is 2.16. The van der Waals surface area contributed by atoms with Crippen LogP contribution < -0.4 is 15.4 Å². The number of nitrogens with zero attached hydrogens (tertiary/aromatic N) is 3. The maximum Gasteiger partial charge on any atom is 0.234 e. The molecule has 1 aromatic heterocycles. The van der Waals surface area contributed by atoms with Crippen molar-refractivity contribution < 1.29 is 14.3 Å². The molecule has 0 saturated heterocycles. The van der Waals surface area contributed by atoms with Crippen molar-refractivity contribution in [2.24, 2.45) is 0 Å². The lowest BCUT2D eigenvalue weighted by molar-refractivity contribution is -0.116. The Morgan fingerprint density at radius 2 is 1.69 bits per heavy atom. The number of halogens is 2. The first kappa shape index (κ1) is 23.9. The number of carbonyl (C=O) groups is 2. The molecule has 2 aromatic carbocycles. The summed E-state index contributed by atoms with van der Waals surface area (Å²) in [5, 5.41) is 15.2. The average molecular weight is 494 g/mol. The predicted molar refractivity (Wildman–Crippen MR) is 127 cm³/mol. The van der Waals surface area contributed by atoms with Gasteiger partial charge in [0.1, 0.15) is 11.6 Å². The van der Waals surface area contributed by atoms with Crippen LogP contribution in [0.5, 0.6) is 5.75 Å². The van der Waals surface area contributed by atoms with Crippen LogP contribution in [0.3, 0.4) is 0 Å². The molecule has 3 rings (SSSR count). The van der Waals surface area contributed by atoms with Crippen molar-refractivity contribution in [3.05, 3.63) is 58.3 Å². The normalized spacial score (nSPS) is 10.6. The zero-order valence-corrected chi connectivity index (χ0v) is 19.7. The molecule has 0 atom stereocenters. The maximum atomic E-state index is 12.4. The Morgan fingerprint density at radius 3 is 2.34 bits per heavy atom. The number of aromatic nitrogens is 3. The number of ether oxygens (including phenoxy) is 1. The number of rotatable bonds is 9. The molecule has 0 radical (unpaired) electrons. The number of amides is 2. The Balaban J connectivity index is 1.56. The molecule has 0 aliphatic rings. The number of benzene rings is 2. The summed E-state index contributed by atoms with van der Waals surface area (Å²) in [4.78, 5) is 24.7. The van der Waals surface area contributed by atoms with Crippen LogP contribution in [-0.4, -0.2) is 39.4 Å². The van der Waals surface area contributed by atoms with Crippen molar-refractivity contribution in [2.45, 2.75) is 25.0 Å². The molecule has 0 unspecified atom stereocenters. The van der Waals surface area contributed by atoms with Gasteiger partial charge in [0.05, 0.1) is 29.3 Å². The number of hydrogen-bond donors (Lipinski definition) is 2. The summed E-state index contributed by atoms with van der Waals surface area (Å²) >= 11 is 13.1. The summed E-state index contributed by atoms with van der Waals surface area (Å²) in [5.74, 6) is 0.927. The van der Waals surface area contributed by atoms with Crippen molar-refractivity contribution >= 4 is 58.2 Å². The van der Waals surface area contributed by atoms with Gasteiger partial charge >= 0.3 is 0 Å². The Hall–Kier alpha value is -2.75. The minimum Gasteiger partial charge on any atom is -0.497 e. The minimum atomic E-state index is -0.265. The highest BCUT2D eigenvalue weighted by molar-refractivity contribution is 7.99. The number of nitrogens with one attached hydrogen (secondary N) is 2. The molecule has 8 nitrogen and oxygen atoms in total. The zero-order valence-electron chi connectivity index (χ0n) is 17.4. The fourth-order valence-corrected chi connectivity index (χ4v) is 3.92. The van der Waals surface area contributed by atoms with E-state index in [2.05, 4.69) is 20.8 Å². The lowest BCUT2D eigenvalue weighted by Crippen LogP contribution is -2.18. The molecule has 0 saturated carbocycles. The molecule has 0 fully saturated rings. The summed E-state index contributed by atoms with van der Waals surface area (Å²) in [6, 6.07) is 11.9. The van der Waals surface area contributed by atoms with E-state index in [1.54, 1.807) is 54.1 Å². The zero-order chi connectivity index (χ0) is 23.1. The largest absolute Gasteiger partial charge is 0.497 e. The van der Waals surface area contributed by atoms with Gasteiger partial charge in [0.15, 0.2) is 5.16 Å². The SMILES string of the molecule is CCn1c(CC(=O)Nc2ccc(Cl)c(Cl)c2)nnc1SCC(=O)Nc1ccc(OC)cc1. The van der Waals surface area contributed by atoms with Gasteiger partial charge in [-0.1, -0.05) is 35.0 Å². The van der Waals surface area contributed by atoms with Gasteiger partial charge < -0.3 is 19.9 Å². The van der Waals surface area contributed by atoms with E-state index in [0.717, 1.165) is 0 Å². The highest BCUT2D eigenvalue weighted by Crippen LogP contribution is 2.25. The van der Waals surface area contributed by atoms with Crippen LogP contribution in [-0.2, 0) is 22.6 Å². The van der Waals surface area contributed by atoms with E-state index in [-0.39, 0.29) is 24.0 Å². The molecule has 168 valence electrons. The van der Waals surface area contributed by atoms with Crippen molar-refractivity contribution in [2.75, 3.05) is 23.5 Å². The van der Waals surface area contributed by atoms with Gasteiger partial charge in [0.25, 0.3) is 0 Å². The van der Waals surface area contributed by atoms with Crippen molar-refractivity contribution in [1.29, 1.82) is 0 Å². The molecular formula is C21H21Cl2N5O3S. The second-order valence-corrected chi connectivity index (χ2v) is 8.32. The van der Waals surface area contributed by atoms with Gasteiger partial charge in [-0.25, -0.2) is 0 Å². The standard InChI is InChI=1S/C21H21Cl2N5O3S/c1-3-28-18(11-19(29)25-14-6-9-16(22)17(23)10-14)26-27-21(28)32-12-20(30)24-13-4-7-15(31-2)8-5-13/h4-10H,3,11-12H2,1-2H3,(H,24,30)(H,25,29). The summed E-state index contributed by atoms with van der Waals surface area (Å²) in [7, 11) is 1.58. The Labute approximate surface area is 199 Å². The first-order chi connectivity index (χ1) is 15.4. The Kier molecular flexibility index (Phi) is 8.38. The quantitative estimate of drug-likeness (QED) is 0.425. The molecular weight excluding hydrogens is 473 g/mol. The smallest absolute Gasteiger partial charge is 0.234 e. The van der Waals surface area contributed by atoms with E-state index in [9.17, 15) is 9.59 Å². The number of carbonyl (C=O) groups excluding carboxylic acids is 2. The van der Waals surface area contributed by atoms with E-state index in [0.29, 0.717) is 44.7 Å². The Morgan fingerprint density at radius 1 is 1.00 bits per heavy atom. The average Bonchev–Trinajstić information content (AvgIpc) is 3.16. The number of hydrogen-bond acceptors (Lipinski definition) is 6. The molecule has 0 aliphatic carbocycles. The van der Waals surface area contributed by atoms with Gasteiger partial charge in [0.2, 0.25) is 11.8 Å². The lowest BCUT2D eigenvalue weighted by atomic mass is 10.3. The van der Waals surface area contributed by atoms with Gasteiger partial charge in [-0.05, 0) is 49.4 Å². The second kappa shape index (κ2) is 11.2. The minimum absolute atomic E-state index is 0.0275. The Bertz CT molecular complexity index is 1110. The number of thioether (sulfide) groups is 1. The molecule has 32 heavy (non-hydrogen) atoms. The van der Waals surface area contributed by atoms with Crippen LogP contribution in [0, 0.1) is 0 Å². The van der Waals surface area contributed by atoms with Crippen LogP contribution in [0.25, 0.3) is 0 Å². The van der Waals surface area contributed by atoms with Crippen LogP contribution >= 0.6 is 35.0 Å². The predicted octanol–water partition coefficient (Wildman–Crippen LogP) is 4.53. The molecule has 0 bridgehead atoms. The summed E-state index contributed by atoms with van der Waals surface area (Å²) in [6.07, 6.45) is 0.0275. The summed E-state index contributed by atoms with van der Waals surface area (Å²) in [6.45, 7) is 2.48. The van der Waals surface area contributed by atoms with Gasteiger partial charge in [-0.2, -0.15) is 0 Å². The number of anilines is 2. The van der Waals surface area contributed by atoms with Gasteiger partial charge in [-0.3, -0.25) is 9.59 Å². The summed E-state index contributed by atoms with van der Waals surface area (Å²) in [5.41, 5.74) is 1.21. The first-order valence-corrected chi connectivity index (χ1v) is 11.4. The van der Waals surface area contributed by atoms with Crippen LogP contribution in [0.2, 0.25) is 10.0 Å². The van der Waals surface area contributed by atoms with E-state index >= 15 is 0 Å². The molecule has 2 amide bonds. The van der Waals surface area contributed by atoms with Crippen LogP contribution in [0.15, 0.2) is 47.6 Å². The molecule has 3 aromatic rings. The fraction of sp³-hybridized carbons (Fsp3) is 0.238. The molecule has 0 spiro atoms. The van der Waals surface area contributed by atoms with Crippen molar-refractivity contribution in [3.63, 3.8) is 0 Å². The third-order valence-electron chi connectivity index (χ3n) is 4.34. The van der Waals surface area contributed by atoms with E-state index in [4.69, 9.17) is 27.9 Å². The third-order valence-corrected chi connectivity index (χ3v) is 6.04. The highest BCUT2D eigenvalue weighted by atomic mass is 35.5. The third kappa shape index (κ3) is 6.38. The number of methoxy groups -OCH3 is 1.